The van der Waals surface area contributed by atoms with Crippen molar-refractivity contribution < 1.29 is 24.2 Å². The average molecular weight is 403 g/mol. The number of hydrazine groups is 1. The minimum atomic E-state index is -1.12. The van der Waals surface area contributed by atoms with Crippen LogP contribution in [0, 0.1) is 11.8 Å². The van der Waals surface area contributed by atoms with Gasteiger partial charge >= 0.3 is 12.2 Å². The Kier molecular flexibility index (Phi) is 7.32. The summed E-state index contributed by atoms with van der Waals surface area (Å²) in [6, 6.07) is 9.37. The second-order valence-electron chi connectivity index (χ2n) is 7.75. The number of hydrogen-bond donors (Lipinski definition) is 2. The molecule has 1 heterocycles. The highest BCUT2D eigenvalue weighted by Gasteiger charge is 2.36. The molecule has 0 radical (unpaired) electrons. The number of benzene rings is 1. The van der Waals surface area contributed by atoms with Crippen LogP contribution in [0.1, 0.15) is 44.1 Å². The van der Waals surface area contributed by atoms with Crippen LogP contribution in [0.4, 0.5) is 9.59 Å². The number of alkyl carbamates (subject to hydrolysis) is 1. The fourth-order valence-electron chi connectivity index (χ4n) is 4.15. The topological polar surface area (TPSA) is 99.2 Å². The Morgan fingerprint density at radius 1 is 1.07 bits per heavy atom. The maximum atomic E-state index is 13.1. The molecule has 158 valence electrons. The van der Waals surface area contributed by atoms with E-state index >= 15 is 0 Å². The molecule has 1 aliphatic heterocycles. The van der Waals surface area contributed by atoms with Crippen LogP contribution in [0.2, 0.25) is 0 Å². The van der Waals surface area contributed by atoms with Crippen LogP contribution in [0.15, 0.2) is 30.3 Å². The first-order valence-electron chi connectivity index (χ1n) is 10.3. The Labute approximate surface area is 170 Å². The zero-order chi connectivity index (χ0) is 20.6. The lowest BCUT2D eigenvalue weighted by Gasteiger charge is -2.30. The molecule has 2 aliphatic rings. The standard InChI is InChI=1S/C21H29N3O5/c25-19(23-11-6-12-24(23)21(27)28)18(13-16-7-4-5-8-16)14-22-20(26)29-15-17-9-2-1-3-10-17/h1-3,9-10,16,18H,4-8,11-15H2,(H,22,26)(H,27,28). The van der Waals surface area contributed by atoms with Crippen LogP contribution >= 0.6 is 0 Å². The molecule has 1 aliphatic carbocycles. The van der Waals surface area contributed by atoms with Gasteiger partial charge in [-0.25, -0.2) is 19.6 Å². The lowest BCUT2D eigenvalue weighted by molar-refractivity contribution is -0.146. The summed E-state index contributed by atoms with van der Waals surface area (Å²) in [5, 5.41) is 14.4. The summed E-state index contributed by atoms with van der Waals surface area (Å²) < 4.78 is 5.23. The van der Waals surface area contributed by atoms with E-state index in [1.807, 2.05) is 30.3 Å². The number of carbonyl (C=O) groups excluding carboxylic acids is 2. The van der Waals surface area contributed by atoms with Gasteiger partial charge in [0.25, 0.3) is 0 Å². The van der Waals surface area contributed by atoms with E-state index in [-0.39, 0.29) is 19.1 Å². The van der Waals surface area contributed by atoms with E-state index in [0.29, 0.717) is 31.8 Å². The molecule has 1 unspecified atom stereocenters. The molecule has 0 bridgehead atoms. The van der Waals surface area contributed by atoms with Gasteiger partial charge in [0.05, 0.1) is 5.92 Å². The molecule has 2 fully saturated rings. The Balaban J connectivity index is 1.56. The Hall–Kier alpha value is -2.77. The number of amides is 3. The van der Waals surface area contributed by atoms with Crippen molar-refractivity contribution in [3.05, 3.63) is 35.9 Å². The van der Waals surface area contributed by atoms with Crippen molar-refractivity contribution in [2.75, 3.05) is 19.6 Å². The molecule has 3 rings (SSSR count). The van der Waals surface area contributed by atoms with E-state index in [1.165, 1.54) is 5.01 Å². The molecule has 3 amide bonds. The predicted molar refractivity (Wildman–Crippen MR) is 106 cm³/mol. The van der Waals surface area contributed by atoms with Gasteiger partial charge in [-0.1, -0.05) is 56.0 Å². The third kappa shape index (κ3) is 5.85. The molecule has 0 aromatic heterocycles. The lowest BCUT2D eigenvalue weighted by Crippen LogP contribution is -2.49. The van der Waals surface area contributed by atoms with Gasteiger partial charge in [-0.3, -0.25) is 4.79 Å². The minimum absolute atomic E-state index is 0.146. The predicted octanol–water partition coefficient (Wildman–Crippen LogP) is 3.24. The first-order valence-corrected chi connectivity index (χ1v) is 10.3. The van der Waals surface area contributed by atoms with E-state index in [9.17, 15) is 19.5 Å². The summed E-state index contributed by atoms with van der Waals surface area (Å²) in [5.74, 6) is -0.255. The van der Waals surface area contributed by atoms with Crippen LogP contribution in [-0.4, -0.2) is 52.9 Å². The Morgan fingerprint density at radius 3 is 2.45 bits per heavy atom. The second kappa shape index (κ2) is 10.1. The highest BCUT2D eigenvalue weighted by Crippen LogP contribution is 2.31. The molecular weight excluding hydrogens is 374 g/mol. The lowest BCUT2D eigenvalue weighted by atomic mass is 9.92. The highest BCUT2D eigenvalue weighted by molar-refractivity contribution is 5.82. The van der Waals surface area contributed by atoms with Crippen molar-refractivity contribution in [1.82, 2.24) is 15.3 Å². The quantitative estimate of drug-likeness (QED) is 0.728. The van der Waals surface area contributed by atoms with Crippen LogP contribution in [-0.2, 0) is 16.1 Å². The van der Waals surface area contributed by atoms with Gasteiger partial charge in [-0.05, 0) is 24.3 Å². The molecule has 1 saturated carbocycles. The summed E-state index contributed by atoms with van der Waals surface area (Å²) in [7, 11) is 0. The van der Waals surface area contributed by atoms with Crippen molar-refractivity contribution in [2.24, 2.45) is 11.8 Å². The number of nitrogens with zero attached hydrogens (tertiary/aromatic N) is 2. The number of carboxylic acid groups (broad SMARTS) is 1. The van der Waals surface area contributed by atoms with Crippen molar-refractivity contribution in [1.29, 1.82) is 0 Å². The van der Waals surface area contributed by atoms with Gasteiger partial charge in [-0.2, -0.15) is 0 Å². The third-order valence-corrected chi connectivity index (χ3v) is 5.65. The van der Waals surface area contributed by atoms with Crippen molar-refractivity contribution in [2.45, 2.75) is 45.1 Å². The monoisotopic (exact) mass is 403 g/mol. The fourth-order valence-corrected chi connectivity index (χ4v) is 4.15. The van der Waals surface area contributed by atoms with Gasteiger partial charge < -0.3 is 15.2 Å². The number of carbonyl (C=O) groups is 3. The number of rotatable bonds is 7. The van der Waals surface area contributed by atoms with E-state index < -0.39 is 18.1 Å². The van der Waals surface area contributed by atoms with Gasteiger partial charge in [0.1, 0.15) is 6.61 Å². The SMILES string of the molecule is O=C(NCC(CC1CCCC1)C(=O)N1CCCN1C(=O)O)OCc1ccccc1. The Morgan fingerprint density at radius 2 is 1.76 bits per heavy atom. The van der Waals surface area contributed by atoms with E-state index in [4.69, 9.17) is 4.74 Å². The molecule has 1 aromatic rings. The maximum absolute atomic E-state index is 13.1. The first kappa shape index (κ1) is 21.0. The summed E-state index contributed by atoms with van der Waals surface area (Å²) >= 11 is 0. The van der Waals surface area contributed by atoms with Gasteiger partial charge in [0, 0.05) is 19.6 Å². The normalized spacial score (nSPS) is 17.9. The van der Waals surface area contributed by atoms with E-state index in [1.54, 1.807) is 0 Å². The zero-order valence-corrected chi connectivity index (χ0v) is 16.6. The average Bonchev–Trinajstić information content (AvgIpc) is 3.41. The molecule has 8 nitrogen and oxygen atoms in total. The molecule has 0 spiro atoms. The third-order valence-electron chi connectivity index (χ3n) is 5.65. The first-order chi connectivity index (χ1) is 14.0. The summed E-state index contributed by atoms with van der Waals surface area (Å²) in [6.07, 6.45) is 4.05. The van der Waals surface area contributed by atoms with Crippen molar-refractivity contribution in [3.8, 4) is 0 Å². The van der Waals surface area contributed by atoms with E-state index in [0.717, 1.165) is 36.3 Å². The molecule has 29 heavy (non-hydrogen) atoms. The highest BCUT2D eigenvalue weighted by atomic mass is 16.5. The van der Waals surface area contributed by atoms with Crippen LogP contribution in [0.5, 0.6) is 0 Å². The number of nitrogens with one attached hydrogen (secondary N) is 1. The molecule has 1 saturated heterocycles. The maximum Gasteiger partial charge on any atom is 0.426 e. The van der Waals surface area contributed by atoms with Crippen LogP contribution < -0.4 is 5.32 Å². The molecular formula is C21H29N3O5. The summed E-state index contributed by atoms with van der Waals surface area (Å²) in [6.45, 7) is 1.02. The van der Waals surface area contributed by atoms with Crippen LogP contribution in [0.3, 0.4) is 0 Å². The largest absolute Gasteiger partial charge is 0.464 e. The van der Waals surface area contributed by atoms with E-state index in [2.05, 4.69) is 5.32 Å². The second-order valence-corrected chi connectivity index (χ2v) is 7.75. The smallest absolute Gasteiger partial charge is 0.426 e. The van der Waals surface area contributed by atoms with Gasteiger partial charge in [0.2, 0.25) is 5.91 Å². The van der Waals surface area contributed by atoms with Crippen LogP contribution in [0.25, 0.3) is 0 Å². The number of hydrogen-bond acceptors (Lipinski definition) is 4. The summed E-state index contributed by atoms with van der Waals surface area (Å²) in [5.41, 5.74) is 0.885. The van der Waals surface area contributed by atoms with Crippen molar-refractivity contribution in [3.63, 3.8) is 0 Å². The Bertz CT molecular complexity index is 706. The minimum Gasteiger partial charge on any atom is -0.464 e. The summed E-state index contributed by atoms with van der Waals surface area (Å²) in [4.78, 5) is 36.6. The molecule has 1 aromatic carbocycles. The fraction of sp³-hybridized carbons (Fsp3) is 0.571. The van der Waals surface area contributed by atoms with Crippen molar-refractivity contribution >= 4 is 18.1 Å². The zero-order valence-electron chi connectivity index (χ0n) is 16.6. The van der Waals surface area contributed by atoms with Gasteiger partial charge in [-0.15, -0.1) is 0 Å². The van der Waals surface area contributed by atoms with Gasteiger partial charge in [0.15, 0.2) is 0 Å². The number of ether oxygens (including phenoxy) is 1. The molecule has 2 N–H and O–H groups in total. The molecule has 1 atom stereocenters. The molecule has 8 heteroatoms.